The van der Waals surface area contributed by atoms with Crippen LogP contribution in [0.5, 0.6) is 0 Å². The fourth-order valence-corrected chi connectivity index (χ4v) is 2.28. The number of carbonyl (C=O) groups is 1. The normalized spacial score (nSPS) is 13.9. The number of nitrogens with one attached hydrogen (secondary N) is 2. The highest BCUT2D eigenvalue weighted by atomic mass is 16.2. The molecule has 0 saturated carbocycles. The number of aromatic nitrogens is 3. The second-order valence-electron chi connectivity index (χ2n) is 4.51. The zero-order valence-electron chi connectivity index (χ0n) is 10.5. The number of carbonyl (C=O) groups excluding carboxylic acids is 1. The van der Waals surface area contributed by atoms with Gasteiger partial charge in [-0.25, -0.2) is 9.67 Å². The van der Waals surface area contributed by atoms with E-state index in [1.54, 1.807) is 0 Å². The molecule has 0 saturated heterocycles. The molecule has 0 spiro atoms. The average molecular weight is 257 g/mol. The zero-order valence-corrected chi connectivity index (χ0v) is 10.5. The lowest BCUT2D eigenvalue weighted by molar-refractivity contribution is -0.116. The number of rotatable bonds is 3. The Kier molecular flexibility index (Phi) is 3.24. The van der Waals surface area contributed by atoms with Crippen LogP contribution in [0.25, 0.3) is 0 Å². The second kappa shape index (κ2) is 5.19. The van der Waals surface area contributed by atoms with Crippen LogP contribution >= 0.6 is 0 Å². The highest BCUT2D eigenvalue weighted by molar-refractivity contribution is 5.91. The van der Waals surface area contributed by atoms with E-state index in [1.165, 1.54) is 28.5 Å². The van der Waals surface area contributed by atoms with Gasteiger partial charge in [-0.15, -0.1) is 0 Å². The predicted octanol–water partition coefficient (Wildman–Crippen LogP) is 0.562. The van der Waals surface area contributed by atoms with Crippen LogP contribution in [0, 0.1) is 0 Å². The van der Waals surface area contributed by atoms with Gasteiger partial charge in [-0.3, -0.25) is 4.79 Å². The van der Waals surface area contributed by atoms with Gasteiger partial charge >= 0.3 is 0 Å². The Labute approximate surface area is 110 Å². The smallest absolute Gasteiger partial charge is 0.246 e. The third-order valence-electron chi connectivity index (χ3n) is 3.19. The molecule has 1 aliphatic heterocycles. The van der Waals surface area contributed by atoms with E-state index in [4.69, 9.17) is 0 Å². The van der Waals surface area contributed by atoms with Crippen molar-refractivity contribution in [2.45, 2.75) is 19.5 Å². The first-order valence-electron chi connectivity index (χ1n) is 6.26. The first-order valence-corrected chi connectivity index (χ1v) is 6.26. The summed E-state index contributed by atoms with van der Waals surface area (Å²) in [6.07, 6.45) is 3.95. The van der Waals surface area contributed by atoms with Gasteiger partial charge in [0.15, 0.2) is 0 Å². The Morgan fingerprint density at radius 2 is 2.42 bits per heavy atom. The Morgan fingerprint density at radius 3 is 3.26 bits per heavy atom. The largest absolute Gasteiger partial charge is 0.324 e. The van der Waals surface area contributed by atoms with Crippen LogP contribution in [0.3, 0.4) is 0 Å². The van der Waals surface area contributed by atoms with Gasteiger partial charge in [0.25, 0.3) is 0 Å². The summed E-state index contributed by atoms with van der Waals surface area (Å²) in [4.78, 5) is 15.8. The molecule has 0 radical (unpaired) electrons. The fourth-order valence-electron chi connectivity index (χ4n) is 2.28. The van der Waals surface area contributed by atoms with Crippen LogP contribution in [0.1, 0.15) is 11.1 Å². The first-order chi connectivity index (χ1) is 9.33. The number of hydrogen-bond acceptors (Lipinski definition) is 4. The first kappa shape index (κ1) is 11.9. The standard InChI is InChI=1S/C13H15N5O/c19-13(7-18-9-15-8-16-18)17-12-3-1-2-10-4-5-14-6-11(10)12/h1-3,8-9,14H,4-7H2,(H,17,19). The summed E-state index contributed by atoms with van der Waals surface area (Å²) in [5.41, 5.74) is 3.37. The van der Waals surface area contributed by atoms with Gasteiger partial charge in [-0.1, -0.05) is 12.1 Å². The monoisotopic (exact) mass is 257 g/mol. The summed E-state index contributed by atoms with van der Waals surface area (Å²) in [6.45, 7) is 1.97. The van der Waals surface area contributed by atoms with Crippen molar-refractivity contribution in [3.8, 4) is 0 Å². The van der Waals surface area contributed by atoms with Crippen molar-refractivity contribution < 1.29 is 4.79 Å². The van der Waals surface area contributed by atoms with Crippen LogP contribution in [-0.4, -0.2) is 27.2 Å². The molecule has 2 N–H and O–H groups in total. The van der Waals surface area contributed by atoms with Gasteiger partial charge in [-0.05, 0) is 30.2 Å². The maximum atomic E-state index is 11.9. The molecule has 2 aromatic rings. The maximum absolute atomic E-state index is 11.9. The van der Waals surface area contributed by atoms with Gasteiger partial charge in [0, 0.05) is 12.2 Å². The van der Waals surface area contributed by atoms with Crippen molar-refractivity contribution in [2.75, 3.05) is 11.9 Å². The van der Waals surface area contributed by atoms with Gasteiger partial charge in [0.1, 0.15) is 19.2 Å². The number of anilines is 1. The van der Waals surface area contributed by atoms with E-state index >= 15 is 0 Å². The molecular weight excluding hydrogens is 242 g/mol. The molecule has 2 heterocycles. The Morgan fingerprint density at radius 1 is 1.47 bits per heavy atom. The van der Waals surface area contributed by atoms with Gasteiger partial charge in [0.05, 0.1) is 0 Å². The minimum absolute atomic E-state index is 0.0931. The molecule has 19 heavy (non-hydrogen) atoms. The molecule has 6 nitrogen and oxygen atoms in total. The molecule has 1 aromatic carbocycles. The summed E-state index contributed by atoms with van der Waals surface area (Å²) < 4.78 is 1.50. The van der Waals surface area contributed by atoms with Crippen molar-refractivity contribution in [1.82, 2.24) is 20.1 Å². The Hall–Kier alpha value is -2.21. The molecule has 1 aliphatic rings. The SMILES string of the molecule is O=C(Cn1cncn1)Nc1cccc2c1CNCC2. The molecule has 6 heteroatoms. The number of nitrogens with zero attached hydrogens (tertiary/aromatic N) is 3. The quantitative estimate of drug-likeness (QED) is 0.843. The molecule has 0 fully saturated rings. The van der Waals surface area contributed by atoms with E-state index in [0.29, 0.717) is 0 Å². The zero-order chi connectivity index (χ0) is 13.1. The minimum Gasteiger partial charge on any atom is -0.324 e. The van der Waals surface area contributed by atoms with Gasteiger partial charge in [0.2, 0.25) is 5.91 Å². The third kappa shape index (κ3) is 2.63. The van der Waals surface area contributed by atoms with E-state index in [0.717, 1.165) is 25.2 Å². The summed E-state index contributed by atoms with van der Waals surface area (Å²) in [7, 11) is 0. The molecule has 0 aliphatic carbocycles. The summed E-state index contributed by atoms with van der Waals surface area (Å²) in [5.74, 6) is -0.0931. The second-order valence-corrected chi connectivity index (χ2v) is 4.51. The van der Waals surface area contributed by atoms with Gasteiger partial charge in [-0.2, -0.15) is 5.10 Å². The number of amides is 1. The third-order valence-corrected chi connectivity index (χ3v) is 3.19. The highest BCUT2D eigenvalue weighted by Gasteiger charge is 2.14. The molecule has 0 atom stereocenters. The van der Waals surface area contributed by atoms with Crippen LogP contribution in [0.4, 0.5) is 5.69 Å². The Bertz CT molecular complexity index is 579. The molecular formula is C13H15N5O. The van der Waals surface area contributed by atoms with E-state index in [1.807, 2.05) is 12.1 Å². The van der Waals surface area contributed by atoms with Crippen molar-refractivity contribution in [2.24, 2.45) is 0 Å². The number of hydrogen-bond donors (Lipinski definition) is 2. The van der Waals surface area contributed by atoms with Crippen molar-refractivity contribution in [3.05, 3.63) is 42.0 Å². The molecule has 0 bridgehead atoms. The lowest BCUT2D eigenvalue weighted by Gasteiger charge is -2.20. The summed E-state index contributed by atoms with van der Waals surface area (Å²) >= 11 is 0. The summed E-state index contributed by atoms with van der Waals surface area (Å²) in [5, 5.41) is 10.2. The van der Waals surface area contributed by atoms with Crippen molar-refractivity contribution in [3.63, 3.8) is 0 Å². The minimum atomic E-state index is -0.0931. The number of fused-ring (bicyclic) bond motifs is 1. The number of benzene rings is 1. The van der Waals surface area contributed by atoms with Gasteiger partial charge < -0.3 is 10.6 Å². The van der Waals surface area contributed by atoms with Crippen LogP contribution < -0.4 is 10.6 Å². The summed E-state index contributed by atoms with van der Waals surface area (Å²) in [6, 6.07) is 6.03. The molecule has 0 unspecified atom stereocenters. The molecule has 98 valence electrons. The van der Waals surface area contributed by atoms with E-state index < -0.39 is 0 Å². The maximum Gasteiger partial charge on any atom is 0.246 e. The van der Waals surface area contributed by atoms with Crippen molar-refractivity contribution >= 4 is 11.6 Å². The van der Waals surface area contributed by atoms with Crippen molar-refractivity contribution in [1.29, 1.82) is 0 Å². The van der Waals surface area contributed by atoms with Crippen LogP contribution in [0.15, 0.2) is 30.9 Å². The fraction of sp³-hybridized carbons (Fsp3) is 0.308. The lowest BCUT2D eigenvalue weighted by Crippen LogP contribution is -2.26. The van der Waals surface area contributed by atoms with E-state index in [-0.39, 0.29) is 12.5 Å². The van der Waals surface area contributed by atoms with Crippen LogP contribution in [-0.2, 0) is 24.3 Å². The lowest BCUT2D eigenvalue weighted by atomic mass is 9.99. The highest BCUT2D eigenvalue weighted by Crippen LogP contribution is 2.22. The average Bonchev–Trinajstić information content (AvgIpc) is 2.92. The van der Waals surface area contributed by atoms with E-state index in [2.05, 4.69) is 26.8 Å². The topological polar surface area (TPSA) is 71.8 Å². The molecule has 3 rings (SSSR count). The Balaban J connectivity index is 1.74. The van der Waals surface area contributed by atoms with Crippen LogP contribution in [0.2, 0.25) is 0 Å². The molecule has 1 aromatic heterocycles. The van der Waals surface area contributed by atoms with E-state index in [9.17, 15) is 4.79 Å². The predicted molar refractivity (Wildman–Crippen MR) is 70.5 cm³/mol. The molecule has 1 amide bonds.